The van der Waals surface area contributed by atoms with Crippen molar-refractivity contribution in [3.05, 3.63) is 103 Å². The van der Waals surface area contributed by atoms with Crippen LogP contribution in [0.5, 0.6) is 0 Å². The highest BCUT2D eigenvalue weighted by Crippen LogP contribution is 2.35. The smallest absolute Gasteiger partial charge is 0.270 e. The highest BCUT2D eigenvalue weighted by Gasteiger charge is 2.30. The Hall–Kier alpha value is -4.94. The number of non-ortho nitro benzene ring substituents is 2. The van der Waals surface area contributed by atoms with Crippen molar-refractivity contribution in [3.8, 4) is 0 Å². The van der Waals surface area contributed by atoms with Crippen molar-refractivity contribution in [3.63, 3.8) is 0 Å². The van der Waals surface area contributed by atoms with Gasteiger partial charge in [0.15, 0.2) is 0 Å². The lowest BCUT2D eigenvalue weighted by atomic mass is 9.93. The van der Waals surface area contributed by atoms with Crippen LogP contribution in [-0.2, 0) is 13.1 Å². The van der Waals surface area contributed by atoms with E-state index in [-0.39, 0.29) is 35.3 Å². The molecule has 0 bridgehead atoms. The number of carbonyl (C=O) groups excluding carboxylic acids is 2. The van der Waals surface area contributed by atoms with Crippen LogP contribution in [0.25, 0.3) is 21.5 Å². The van der Waals surface area contributed by atoms with E-state index in [1.54, 1.807) is 21.9 Å². The molecule has 2 N–H and O–H groups in total. The minimum Gasteiger partial charge on any atom is -0.333 e. The quantitative estimate of drug-likeness (QED) is 0.147. The highest BCUT2D eigenvalue weighted by atomic mass is 16.6. The van der Waals surface area contributed by atoms with E-state index >= 15 is 0 Å². The number of hydrogen-bond acceptors (Lipinski definition) is 8. The maximum atomic E-state index is 13.3. The molecule has 6 rings (SSSR count). The van der Waals surface area contributed by atoms with Gasteiger partial charge in [0.05, 0.1) is 21.0 Å². The number of hydrogen-bond donors (Lipinski definition) is 2. The van der Waals surface area contributed by atoms with Gasteiger partial charge in [0.1, 0.15) is 0 Å². The molecule has 12 heteroatoms. The minimum absolute atomic E-state index is 0.0352. The van der Waals surface area contributed by atoms with E-state index in [2.05, 4.69) is 10.6 Å². The van der Waals surface area contributed by atoms with Crippen LogP contribution in [-0.4, -0.2) is 69.7 Å². The van der Waals surface area contributed by atoms with Gasteiger partial charge in [-0.05, 0) is 46.5 Å². The molecule has 12 nitrogen and oxygen atoms in total. The fourth-order valence-electron chi connectivity index (χ4n) is 6.41. The van der Waals surface area contributed by atoms with Crippen molar-refractivity contribution in [1.82, 2.24) is 20.4 Å². The van der Waals surface area contributed by atoms with E-state index in [1.165, 1.54) is 24.3 Å². The topological polar surface area (TPSA) is 151 Å². The number of carbonyl (C=O) groups is 2. The third-order valence-electron chi connectivity index (χ3n) is 8.37. The normalized spacial score (nSPS) is 15.6. The summed E-state index contributed by atoms with van der Waals surface area (Å²) in [5.74, 6) is -0.432. The Kier molecular flexibility index (Phi) is 7.70. The van der Waals surface area contributed by atoms with Gasteiger partial charge >= 0.3 is 0 Å². The van der Waals surface area contributed by atoms with E-state index < -0.39 is 9.85 Å². The fourth-order valence-corrected chi connectivity index (χ4v) is 6.41. The third kappa shape index (κ3) is 5.45. The van der Waals surface area contributed by atoms with Crippen LogP contribution >= 0.6 is 0 Å². The van der Waals surface area contributed by atoms with Crippen LogP contribution in [0, 0.1) is 20.2 Å². The molecule has 2 aliphatic rings. The molecule has 4 aromatic rings. The molecular weight excluding hydrogens is 564 g/mol. The second kappa shape index (κ2) is 11.6. The van der Waals surface area contributed by atoms with E-state index in [1.807, 2.05) is 38.1 Å². The molecule has 2 aliphatic heterocycles. The van der Waals surface area contributed by atoms with Crippen LogP contribution in [0.15, 0.2) is 60.7 Å². The lowest BCUT2D eigenvalue weighted by Crippen LogP contribution is -2.47. The summed E-state index contributed by atoms with van der Waals surface area (Å²) >= 11 is 0. The molecule has 44 heavy (non-hydrogen) atoms. The number of amides is 2. The molecule has 0 saturated heterocycles. The molecule has 0 aromatic heterocycles. The molecule has 2 amide bonds. The minimum atomic E-state index is -0.473. The van der Waals surface area contributed by atoms with E-state index in [4.69, 9.17) is 0 Å². The number of nitro benzene ring substituents is 2. The zero-order chi connectivity index (χ0) is 31.1. The van der Waals surface area contributed by atoms with Gasteiger partial charge in [-0.25, -0.2) is 0 Å². The summed E-state index contributed by atoms with van der Waals surface area (Å²) in [7, 11) is 0. The molecule has 0 radical (unpaired) electrons. The first-order valence-electron chi connectivity index (χ1n) is 14.6. The largest absolute Gasteiger partial charge is 0.333 e. The SMILES string of the molecule is C[C@@H](CN1Cc2cccc3cc([N+](=O)[O-])cc(c23)C1=O)NCCN[C@@H](C)CN1Cc2cccc3cc([N+](=O)[O-])cc(c23)C1=O. The van der Waals surface area contributed by atoms with E-state index in [0.717, 1.165) is 21.9 Å². The Bertz CT molecular complexity index is 1710. The number of nitrogens with zero attached hydrogens (tertiary/aromatic N) is 4. The highest BCUT2D eigenvalue weighted by molar-refractivity contribution is 6.12. The summed E-state index contributed by atoms with van der Waals surface area (Å²) in [4.78, 5) is 52.1. The summed E-state index contributed by atoms with van der Waals surface area (Å²) < 4.78 is 0. The predicted molar refractivity (Wildman–Crippen MR) is 166 cm³/mol. The Labute approximate surface area is 252 Å². The van der Waals surface area contributed by atoms with Crippen LogP contribution in [0.4, 0.5) is 11.4 Å². The first-order chi connectivity index (χ1) is 21.1. The van der Waals surface area contributed by atoms with Crippen LogP contribution in [0.2, 0.25) is 0 Å². The van der Waals surface area contributed by atoms with Gasteiger partial charge in [-0.2, -0.15) is 0 Å². The average Bonchev–Trinajstić information content (AvgIpc) is 2.99. The van der Waals surface area contributed by atoms with Crippen molar-refractivity contribution in [2.24, 2.45) is 0 Å². The van der Waals surface area contributed by atoms with Gasteiger partial charge in [-0.1, -0.05) is 36.4 Å². The standard InChI is InChI=1S/C32H32N6O6/c1-19(15-35-17-23-7-3-5-21-11-25(37(41)42)13-27(29(21)23)31(35)39)33-9-10-34-20(2)16-36-18-24-8-4-6-22-12-26(38(43)44)14-28(30(22)24)32(36)40/h3-8,11-14,19-20,33-34H,9-10,15-18H2,1-2H3/t19-,20-/m0/s1. The van der Waals surface area contributed by atoms with Crippen molar-refractivity contribution in [2.75, 3.05) is 26.2 Å². The van der Waals surface area contributed by atoms with Crippen molar-refractivity contribution in [2.45, 2.75) is 39.0 Å². The molecule has 0 aliphatic carbocycles. The Morgan fingerprint density at radius 2 is 1.11 bits per heavy atom. The lowest BCUT2D eigenvalue weighted by molar-refractivity contribution is -0.384. The Morgan fingerprint density at radius 1 is 0.705 bits per heavy atom. The van der Waals surface area contributed by atoms with Crippen LogP contribution < -0.4 is 10.6 Å². The Balaban J connectivity index is 1.02. The summed E-state index contributed by atoms with van der Waals surface area (Å²) in [6.45, 7) is 6.96. The number of rotatable bonds is 11. The zero-order valence-corrected chi connectivity index (χ0v) is 24.4. The van der Waals surface area contributed by atoms with Crippen LogP contribution in [0.1, 0.15) is 45.7 Å². The molecule has 226 valence electrons. The average molecular weight is 597 g/mol. The van der Waals surface area contributed by atoms with Gasteiger partial charge in [0, 0.05) is 75.6 Å². The molecule has 0 saturated carbocycles. The van der Waals surface area contributed by atoms with Gasteiger partial charge in [-0.3, -0.25) is 29.8 Å². The monoisotopic (exact) mass is 596 g/mol. The number of nitro groups is 2. The molecule has 2 atom stereocenters. The zero-order valence-electron chi connectivity index (χ0n) is 24.4. The molecule has 2 heterocycles. The third-order valence-corrected chi connectivity index (χ3v) is 8.37. The van der Waals surface area contributed by atoms with Gasteiger partial charge in [-0.15, -0.1) is 0 Å². The summed E-state index contributed by atoms with van der Waals surface area (Å²) in [5.41, 5.74) is 2.46. The predicted octanol–water partition coefficient (Wildman–Crippen LogP) is 4.38. The first-order valence-corrected chi connectivity index (χ1v) is 14.6. The van der Waals surface area contributed by atoms with E-state index in [9.17, 15) is 29.8 Å². The van der Waals surface area contributed by atoms with Gasteiger partial charge in [0.2, 0.25) is 0 Å². The summed E-state index contributed by atoms with van der Waals surface area (Å²) in [6, 6.07) is 16.9. The molecular formula is C32H32N6O6. The Morgan fingerprint density at radius 3 is 1.50 bits per heavy atom. The second-order valence-corrected chi connectivity index (χ2v) is 11.6. The molecule has 0 unspecified atom stereocenters. The van der Waals surface area contributed by atoms with Crippen molar-refractivity contribution in [1.29, 1.82) is 0 Å². The number of benzene rings is 4. The van der Waals surface area contributed by atoms with Gasteiger partial charge in [0.25, 0.3) is 23.2 Å². The maximum Gasteiger partial charge on any atom is 0.270 e. The lowest BCUT2D eigenvalue weighted by Gasteiger charge is -2.32. The fraction of sp³-hybridized carbons (Fsp3) is 0.312. The maximum absolute atomic E-state index is 13.3. The second-order valence-electron chi connectivity index (χ2n) is 11.6. The molecule has 0 spiro atoms. The van der Waals surface area contributed by atoms with E-state index in [0.29, 0.717) is 61.2 Å². The van der Waals surface area contributed by atoms with Crippen molar-refractivity contribution < 1.29 is 19.4 Å². The molecule has 4 aromatic carbocycles. The van der Waals surface area contributed by atoms with Gasteiger partial charge < -0.3 is 20.4 Å². The van der Waals surface area contributed by atoms with Crippen molar-refractivity contribution >= 4 is 44.7 Å². The van der Waals surface area contributed by atoms with Crippen LogP contribution in [0.3, 0.4) is 0 Å². The first kappa shape index (κ1) is 29.1. The summed E-state index contributed by atoms with van der Waals surface area (Å²) in [6.07, 6.45) is 0. The summed E-state index contributed by atoms with van der Waals surface area (Å²) in [5, 5.41) is 32.7. The molecule has 0 fully saturated rings. The number of nitrogens with one attached hydrogen (secondary N) is 2.